The summed E-state index contributed by atoms with van der Waals surface area (Å²) in [6.07, 6.45) is 8.24. The van der Waals surface area contributed by atoms with E-state index in [0.29, 0.717) is 17.8 Å². The average Bonchev–Trinajstić information content (AvgIpc) is 2.62. The molecule has 0 fully saturated rings. The lowest BCUT2D eigenvalue weighted by Gasteiger charge is -2.10. The minimum Gasteiger partial charge on any atom is -0.423 e. The van der Waals surface area contributed by atoms with E-state index in [1.165, 1.54) is 24.3 Å². The number of halogens is 4. The van der Waals surface area contributed by atoms with Gasteiger partial charge in [0.05, 0.1) is 31.5 Å². The number of allylic oxidation sites excluding steroid dienone is 4. The van der Waals surface area contributed by atoms with Gasteiger partial charge in [0, 0.05) is 6.42 Å². The third kappa shape index (κ3) is 6.63. The highest BCUT2D eigenvalue weighted by molar-refractivity contribution is 6.57. The summed E-state index contributed by atoms with van der Waals surface area (Å²) in [5.41, 5.74) is 0.777. The fourth-order valence-electron chi connectivity index (χ4n) is 2.51. The van der Waals surface area contributed by atoms with Gasteiger partial charge in [-0.1, -0.05) is 79.0 Å². The number of ether oxygens (including phenoxy) is 1. The first-order chi connectivity index (χ1) is 13.3. The molecule has 1 aromatic carbocycles. The van der Waals surface area contributed by atoms with Crippen LogP contribution in [0.15, 0.2) is 39.3 Å². The lowest BCUT2D eigenvalue weighted by molar-refractivity contribution is -0.134. The van der Waals surface area contributed by atoms with Gasteiger partial charge in [-0.2, -0.15) is 0 Å². The van der Waals surface area contributed by atoms with Crippen LogP contribution in [-0.2, 0) is 9.59 Å². The number of nitrogens with zero attached hydrogens (tertiary/aromatic N) is 1. The third-order valence-electron chi connectivity index (χ3n) is 3.92. The molecule has 0 atom stereocenters. The second-order valence-electron chi connectivity index (χ2n) is 6.23. The SMILES string of the molecule is CCCCCCCC(=O)Oc1c(Cl)cc(N=C2C=C(Cl)C(=O)C(Cl)=C2)cc1Cl. The Morgan fingerprint density at radius 1 is 0.964 bits per heavy atom. The van der Waals surface area contributed by atoms with Crippen LogP contribution in [0, 0.1) is 0 Å². The predicted octanol–water partition coefficient (Wildman–Crippen LogP) is 7.16. The molecule has 0 heterocycles. The van der Waals surface area contributed by atoms with Gasteiger partial charge in [0.25, 0.3) is 0 Å². The number of benzene rings is 1. The van der Waals surface area contributed by atoms with Crippen molar-refractivity contribution in [1.82, 2.24) is 0 Å². The molecule has 0 radical (unpaired) electrons. The first-order valence-corrected chi connectivity index (χ1v) is 10.4. The number of aliphatic imine (C=N–C) groups is 1. The molecule has 0 spiro atoms. The van der Waals surface area contributed by atoms with Crippen molar-refractivity contribution in [2.75, 3.05) is 0 Å². The molecule has 0 saturated carbocycles. The Kier molecular flexibility index (Phi) is 9.03. The number of carbonyl (C=O) groups excluding carboxylic acids is 2. The average molecular weight is 463 g/mol. The summed E-state index contributed by atoms with van der Waals surface area (Å²) in [6, 6.07) is 3.01. The summed E-state index contributed by atoms with van der Waals surface area (Å²) in [6.45, 7) is 2.14. The van der Waals surface area contributed by atoms with E-state index in [1.54, 1.807) is 0 Å². The van der Waals surface area contributed by atoms with Gasteiger partial charge in [-0.25, -0.2) is 4.99 Å². The van der Waals surface area contributed by atoms with Crippen LogP contribution in [0.2, 0.25) is 10.0 Å². The summed E-state index contributed by atoms with van der Waals surface area (Å²) >= 11 is 24.1. The van der Waals surface area contributed by atoms with Crippen LogP contribution < -0.4 is 4.74 Å². The van der Waals surface area contributed by atoms with Gasteiger partial charge in [-0.05, 0) is 30.7 Å². The van der Waals surface area contributed by atoms with Crippen LogP contribution in [-0.4, -0.2) is 17.5 Å². The Morgan fingerprint density at radius 3 is 2.11 bits per heavy atom. The number of hydrogen-bond acceptors (Lipinski definition) is 4. The van der Waals surface area contributed by atoms with Gasteiger partial charge < -0.3 is 4.74 Å². The summed E-state index contributed by atoms with van der Waals surface area (Å²) in [7, 11) is 0. The number of carbonyl (C=O) groups is 2. The van der Waals surface area contributed by atoms with Crippen molar-refractivity contribution in [3.63, 3.8) is 0 Å². The Labute approximate surface area is 184 Å². The zero-order valence-corrected chi connectivity index (χ0v) is 18.3. The van der Waals surface area contributed by atoms with E-state index in [-0.39, 0.29) is 31.8 Å². The van der Waals surface area contributed by atoms with Crippen LogP contribution in [0.1, 0.15) is 45.4 Å². The number of rotatable bonds is 8. The van der Waals surface area contributed by atoms with Crippen LogP contribution >= 0.6 is 46.4 Å². The largest absolute Gasteiger partial charge is 0.423 e. The number of esters is 1. The smallest absolute Gasteiger partial charge is 0.311 e. The molecule has 0 amide bonds. The zero-order chi connectivity index (χ0) is 20.7. The second-order valence-corrected chi connectivity index (χ2v) is 7.86. The molecule has 0 unspecified atom stereocenters. The second kappa shape index (κ2) is 11.0. The van der Waals surface area contributed by atoms with Crippen LogP contribution in [0.5, 0.6) is 5.75 Å². The van der Waals surface area contributed by atoms with E-state index >= 15 is 0 Å². The number of unbranched alkanes of at least 4 members (excludes halogenated alkanes) is 4. The molecule has 0 aromatic heterocycles. The molecule has 0 aliphatic heterocycles. The normalized spacial score (nSPS) is 13.9. The maximum atomic E-state index is 12.0. The molecule has 2 rings (SSSR count). The Balaban J connectivity index is 2.08. The lowest BCUT2D eigenvalue weighted by Crippen LogP contribution is -2.08. The van der Waals surface area contributed by atoms with Crippen molar-refractivity contribution in [3.05, 3.63) is 44.4 Å². The molecule has 4 nitrogen and oxygen atoms in total. The molecule has 0 bridgehead atoms. The highest BCUT2D eigenvalue weighted by Crippen LogP contribution is 2.37. The topological polar surface area (TPSA) is 55.7 Å². The van der Waals surface area contributed by atoms with E-state index in [1.807, 2.05) is 0 Å². The minimum absolute atomic E-state index is 0.0343. The molecule has 1 aliphatic rings. The van der Waals surface area contributed by atoms with Gasteiger partial charge in [0.15, 0.2) is 5.75 Å². The summed E-state index contributed by atoms with van der Waals surface area (Å²) in [5.74, 6) is -0.739. The molecule has 0 N–H and O–H groups in total. The third-order valence-corrected chi connectivity index (χ3v) is 5.05. The quantitative estimate of drug-likeness (QED) is 0.178. The fourth-order valence-corrected chi connectivity index (χ4v) is 3.53. The van der Waals surface area contributed by atoms with Crippen molar-refractivity contribution < 1.29 is 14.3 Å². The first-order valence-electron chi connectivity index (χ1n) is 8.89. The lowest BCUT2D eigenvalue weighted by atomic mass is 10.1. The molecule has 150 valence electrons. The number of Topliss-reactive ketones (excluding diaryl/α,β-unsaturated/α-hetero) is 1. The van der Waals surface area contributed by atoms with Crippen LogP contribution in [0.3, 0.4) is 0 Å². The van der Waals surface area contributed by atoms with Crippen molar-refractivity contribution in [1.29, 1.82) is 0 Å². The van der Waals surface area contributed by atoms with E-state index in [2.05, 4.69) is 11.9 Å². The maximum absolute atomic E-state index is 12.0. The highest BCUT2D eigenvalue weighted by atomic mass is 35.5. The molecule has 0 saturated heterocycles. The Hall–Kier alpha value is -1.33. The van der Waals surface area contributed by atoms with Crippen molar-refractivity contribution in [3.8, 4) is 5.75 Å². The maximum Gasteiger partial charge on any atom is 0.311 e. The fraction of sp³-hybridized carbons (Fsp3) is 0.350. The van der Waals surface area contributed by atoms with E-state index < -0.39 is 5.78 Å². The minimum atomic E-state index is -0.463. The summed E-state index contributed by atoms with van der Waals surface area (Å²) in [4.78, 5) is 27.9. The van der Waals surface area contributed by atoms with Crippen molar-refractivity contribution in [2.24, 2.45) is 4.99 Å². The van der Waals surface area contributed by atoms with Gasteiger partial charge in [-0.3, -0.25) is 9.59 Å². The van der Waals surface area contributed by atoms with E-state index in [9.17, 15) is 9.59 Å². The number of ketones is 1. The molecule has 1 aromatic rings. The standard InChI is InChI=1S/C20H19Cl4NO3/c1-2-3-4-5-6-7-18(26)28-20-16(23)10-13(11-17(20)24)25-12-8-14(21)19(27)15(22)9-12/h8-11H,2-7H2,1H3. The molecule has 8 heteroatoms. The first kappa shape index (κ1) is 23.0. The molecular weight excluding hydrogens is 444 g/mol. The molecular formula is C20H19Cl4NO3. The van der Waals surface area contributed by atoms with Crippen LogP contribution in [0.4, 0.5) is 5.69 Å². The monoisotopic (exact) mass is 461 g/mol. The van der Waals surface area contributed by atoms with Crippen LogP contribution in [0.25, 0.3) is 0 Å². The highest BCUT2D eigenvalue weighted by Gasteiger charge is 2.18. The van der Waals surface area contributed by atoms with E-state index in [0.717, 1.165) is 32.1 Å². The summed E-state index contributed by atoms with van der Waals surface area (Å²) < 4.78 is 5.31. The van der Waals surface area contributed by atoms with Crippen molar-refractivity contribution >= 4 is 69.6 Å². The van der Waals surface area contributed by atoms with Crippen molar-refractivity contribution in [2.45, 2.75) is 45.4 Å². The van der Waals surface area contributed by atoms with Gasteiger partial charge in [0.2, 0.25) is 5.78 Å². The van der Waals surface area contributed by atoms with Gasteiger partial charge >= 0.3 is 5.97 Å². The Bertz CT molecular complexity index is 812. The Morgan fingerprint density at radius 2 is 1.54 bits per heavy atom. The summed E-state index contributed by atoms with van der Waals surface area (Å²) in [5, 5.41) is 0.243. The van der Waals surface area contributed by atoms with Gasteiger partial charge in [-0.15, -0.1) is 0 Å². The molecule has 1 aliphatic carbocycles. The van der Waals surface area contributed by atoms with E-state index in [4.69, 9.17) is 51.1 Å². The zero-order valence-electron chi connectivity index (χ0n) is 15.2. The number of hydrogen-bond donors (Lipinski definition) is 0. The predicted molar refractivity (Wildman–Crippen MR) is 115 cm³/mol. The molecule has 28 heavy (non-hydrogen) atoms. The van der Waals surface area contributed by atoms with Gasteiger partial charge in [0.1, 0.15) is 0 Å².